The molecule has 12 heavy (non-hydrogen) atoms. The normalized spacial score (nSPS) is 26.8. The largest absolute Gasteiger partial charge is 0.372 e. The first-order valence-electron chi connectivity index (χ1n) is 4.50. The number of hydrogen-bond acceptors (Lipinski definition) is 3. The minimum atomic E-state index is 0.0280. The Labute approximate surface area is 83.4 Å². The second kappa shape index (κ2) is 4.77. The fourth-order valence-corrected chi connectivity index (χ4v) is 3.57. The Kier molecular flexibility index (Phi) is 4.27. The lowest BCUT2D eigenvalue weighted by Gasteiger charge is -2.26. The topological polar surface area (TPSA) is 9.23 Å². The highest BCUT2D eigenvalue weighted by molar-refractivity contribution is 8.76. The van der Waals surface area contributed by atoms with E-state index < -0.39 is 0 Å². The maximum Gasteiger partial charge on any atom is 0.0681 e. The summed E-state index contributed by atoms with van der Waals surface area (Å²) in [6, 6.07) is 0. The van der Waals surface area contributed by atoms with E-state index in [2.05, 4.69) is 20.8 Å². The van der Waals surface area contributed by atoms with Gasteiger partial charge in [0.15, 0.2) is 0 Å². The molecule has 0 N–H and O–H groups in total. The minimum absolute atomic E-state index is 0.0280. The highest BCUT2D eigenvalue weighted by Crippen LogP contribution is 2.30. The van der Waals surface area contributed by atoms with Crippen molar-refractivity contribution in [2.24, 2.45) is 0 Å². The molecule has 0 bridgehead atoms. The molecule has 1 aliphatic rings. The molecule has 0 radical (unpaired) electrons. The van der Waals surface area contributed by atoms with E-state index in [1.807, 2.05) is 21.6 Å². The van der Waals surface area contributed by atoms with Crippen LogP contribution in [0.25, 0.3) is 0 Å². The molecule has 72 valence electrons. The molecule has 1 fully saturated rings. The summed E-state index contributed by atoms with van der Waals surface area (Å²) in [5, 5.41) is 0. The van der Waals surface area contributed by atoms with Gasteiger partial charge in [0, 0.05) is 11.5 Å². The minimum Gasteiger partial charge on any atom is -0.372 e. The maximum absolute atomic E-state index is 5.92. The first-order valence-corrected chi connectivity index (χ1v) is 6.99. The van der Waals surface area contributed by atoms with Gasteiger partial charge in [0.1, 0.15) is 0 Å². The van der Waals surface area contributed by atoms with Crippen LogP contribution in [0.4, 0.5) is 0 Å². The average Bonchev–Trinajstić information content (AvgIpc) is 2.12. The zero-order valence-corrected chi connectivity index (χ0v) is 9.76. The smallest absolute Gasteiger partial charge is 0.0681 e. The second-order valence-corrected chi connectivity index (χ2v) is 6.73. The molecule has 1 nitrogen and oxygen atoms in total. The van der Waals surface area contributed by atoms with Crippen LogP contribution in [-0.4, -0.2) is 23.2 Å². The van der Waals surface area contributed by atoms with Gasteiger partial charge in [-0.1, -0.05) is 21.6 Å². The maximum atomic E-state index is 5.92. The Morgan fingerprint density at radius 1 is 1.25 bits per heavy atom. The molecule has 1 rings (SSSR count). The molecule has 0 amide bonds. The summed E-state index contributed by atoms with van der Waals surface area (Å²) >= 11 is 0. The Hall–Kier alpha value is 0.660. The van der Waals surface area contributed by atoms with Crippen LogP contribution in [0, 0.1) is 0 Å². The average molecular weight is 206 g/mol. The summed E-state index contributed by atoms with van der Waals surface area (Å²) in [5.41, 5.74) is 0.0280. The van der Waals surface area contributed by atoms with Crippen molar-refractivity contribution >= 4 is 21.6 Å². The van der Waals surface area contributed by atoms with Crippen LogP contribution in [-0.2, 0) is 4.74 Å². The van der Waals surface area contributed by atoms with Gasteiger partial charge in [-0.3, -0.25) is 0 Å². The first-order chi connectivity index (χ1) is 5.58. The third-order valence-corrected chi connectivity index (χ3v) is 4.15. The monoisotopic (exact) mass is 206 g/mol. The highest BCUT2D eigenvalue weighted by Gasteiger charge is 2.20. The van der Waals surface area contributed by atoms with E-state index in [-0.39, 0.29) is 5.60 Å². The zero-order chi connectivity index (χ0) is 9.03. The van der Waals surface area contributed by atoms with Crippen molar-refractivity contribution in [3.63, 3.8) is 0 Å². The van der Waals surface area contributed by atoms with Gasteiger partial charge in [-0.05, 0) is 33.6 Å². The lowest BCUT2D eigenvalue weighted by atomic mass is 10.1. The number of hydrogen-bond donors (Lipinski definition) is 0. The van der Waals surface area contributed by atoms with Gasteiger partial charge in [0.05, 0.1) is 11.7 Å². The van der Waals surface area contributed by atoms with Crippen molar-refractivity contribution in [3.8, 4) is 0 Å². The van der Waals surface area contributed by atoms with Crippen LogP contribution in [0.1, 0.15) is 33.6 Å². The van der Waals surface area contributed by atoms with Crippen molar-refractivity contribution in [2.75, 3.05) is 11.5 Å². The van der Waals surface area contributed by atoms with Gasteiger partial charge in [0.2, 0.25) is 0 Å². The van der Waals surface area contributed by atoms with Crippen molar-refractivity contribution in [2.45, 2.75) is 45.3 Å². The van der Waals surface area contributed by atoms with Gasteiger partial charge >= 0.3 is 0 Å². The van der Waals surface area contributed by atoms with Crippen LogP contribution in [0.3, 0.4) is 0 Å². The molecule has 1 saturated heterocycles. The predicted octanol–water partition coefficient (Wildman–Crippen LogP) is 3.35. The molecular formula is C9H18OS2. The molecule has 0 aromatic heterocycles. The van der Waals surface area contributed by atoms with Crippen molar-refractivity contribution in [3.05, 3.63) is 0 Å². The van der Waals surface area contributed by atoms with Gasteiger partial charge in [-0.25, -0.2) is 0 Å². The van der Waals surface area contributed by atoms with E-state index in [1.165, 1.54) is 18.6 Å². The van der Waals surface area contributed by atoms with Crippen LogP contribution < -0.4 is 0 Å². The molecule has 1 aliphatic heterocycles. The Morgan fingerprint density at radius 3 is 2.67 bits per heavy atom. The standard InChI is InChI=1S/C9H18OS2/c1-9(2,3)10-8-5-4-6-11-12-7-8/h8H,4-7H2,1-3H3. The Bertz CT molecular complexity index is 123. The Balaban J connectivity index is 2.30. The third kappa shape index (κ3) is 4.63. The molecule has 0 aliphatic carbocycles. The van der Waals surface area contributed by atoms with E-state index in [0.717, 1.165) is 5.75 Å². The molecule has 1 heterocycles. The van der Waals surface area contributed by atoms with Gasteiger partial charge < -0.3 is 4.74 Å². The van der Waals surface area contributed by atoms with Gasteiger partial charge in [0.25, 0.3) is 0 Å². The molecule has 1 unspecified atom stereocenters. The summed E-state index contributed by atoms with van der Waals surface area (Å²) in [7, 11) is 3.94. The molecule has 0 saturated carbocycles. The first kappa shape index (κ1) is 10.7. The second-order valence-electron chi connectivity index (χ2n) is 4.10. The summed E-state index contributed by atoms with van der Waals surface area (Å²) in [4.78, 5) is 0. The van der Waals surface area contributed by atoms with E-state index in [9.17, 15) is 0 Å². The van der Waals surface area contributed by atoms with Crippen LogP contribution >= 0.6 is 21.6 Å². The lowest BCUT2D eigenvalue weighted by molar-refractivity contribution is -0.0517. The summed E-state index contributed by atoms with van der Waals surface area (Å²) in [5.74, 6) is 2.44. The summed E-state index contributed by atoms with van der Waals surface area (Å²) in [6.45, 7) is 6.40. The summed E-state index contributed by atoms with van der Waals surface area (Å²) < 4.78 is 5.92. The zero-order valence-electron chi connectivity index (χ0n) is 8.13. The highest BCUT2D eigenvalue weighted by atomic mass is 33.1. The lowest BCUT2D eigenvalue weighted by Crippen LogP contribution is -2.28. The summed E-state index contributed by atoms with van der Waals surface area (Å²) in [6.07, 6.45) is 3.01. The van der Waals surface area contributed by atoms with Gasteiger partial charge in [-0.2, -0.15) is 0 Å². The predicted molar refractivity (Wildman–Crippen MR) is 58.8 cm³/mol. The SMILES string of the molecule is CC(C)(C)OC1CCCSSC1. The number of rotatable bonds is 1. The molecule has 1 atom stereocenters. The van der Waals surface area contributed by atoms with Crippen LogP contribution in [0.2, 0.25) is 0 Å². The fraction of sp³-hybridized carbons (Fsp3) is 1.00. The van der Waals surface area contributed by atoms with Crippen molar-refractivity contribution in [1.82, 2.24) is 0 Å². The molecular weight excluding hydrogens is 188 g/mol. The van der Waals surface area contributed by atoms with E-state index in [0.29, 0.717) is 6.10 Å². The van der Waals surface area contributed by atoms with Crippen molar-refractivity contribution in [1.29, 1.82) is 0 Å². The van der Waals surface area contributed by atoms with Gasteiger partial charge in [-0.15, -0.1) is 0 Å². The molecule has 0 spiro atoms. The molecule has 0 aromatic carbocycles. The fourth-order valence-electron chi connectivity index (χ4n) is 1.23. The molecule has 0 aromatic rings. The van der Waals surface area contributed by atoms with Crippen molar-refractivity contribution < 1.29 is 4.74 Å². The van der Waals surface area contributed by atoms with E-state index in [4.69, 9.17) is 4.74 Å². The Morgan fingerprint density at radius 2 is 2.00 bits per heavy atom. The number of ether oxygens (including phenoxy) is 1. The van der Waals surface area contributed by atoms with Crippen LogP contribution in [0.5, 0.6) is 0 Å². The quantitative estimate of drug-likeness (QED) is 0.609. The van der Waals surface area contributed by atoms with E-state index >= 15 is 0 Å². The molecule has 3 heteroatoms. The third-order valence-electron chi connectivity index (χ3n) is 1.61. The van der Waals surface area contributed by atoms with E-state index in [1.54, 1.807) is 0 Å². The van der Waals surface area contributed by atoms with Crippen LogP contribution in [0.15, 0.2) is 0 Å².